The molecule has 1 heterocycles. The summed E-state index contributed by atoms with van der Waals surface area (Å²) in [6.45, 7) is 7.30. The van der Waals surface area contributed by atoms with Crippen molar-refractivity contribution in [3.05, 3.63) is 34.9 Å². The standard InChI is InChI=1S/C27H39ClN4O8/c1-27(2,3)40-26(37)31-11-9-22(33)29-12-14-38-16-17-39-15-13-32-18-21(23(34)25(32)36)24(35)30-10-8-19-4-6-20(28)7-5-19/h4-7,21H,8-18H2,1-3H3,(H,29,33)(H,30,35)(H,31,37). The molecule has 0 aromatic heterocycles. The summed E-state index contributed by atoms with van der Waals surface area (Å²) in [6, 6.07) is 7.26. The van der Waals surface area contributed by atoms with E-state index in [-0.39, 0.29) is 58.4 Å². The Balaban J connectivity index is 1.49. The highest BCUT2D eigenvalue weighted by Crippen LogP contribution is 2.15. The molecule has 1 atom stereocenters. The number of benzene rings is 1. The number of alkyl carbamates (subject to hydrolysis) is 1. The van der Waals surface area contributed by atoms with Gasteiger partial charge in [0.05, 0.1) is 26.4 Å². The number of ether oxygens (including phenoxy) is 3. The van der Waals surface area contributed by atoms with Crippen LogP contribution in [0.5, 0.6) is 0 Å². The Kier molecular flexibility index (Phi) is 13.8. The van der Waals surface area contributed by atoms with Crippen LogP contribution in [0.25, 0.3) is 0 Å². The van der Waals surface area contributed by atoms with E-state index >= 15 is 0 Å². The molecule has 0 spiro atoms. The third-order valence-corrected chi connectivity index (χ3v) is 5.88. The van der Waals surface area contributed by atoms with Gasteiger partial charge in [0, 0.05) is 44.2 Å². The average Bonchev–Trinajstić information content (AvgIpc) is 3.16. The van der Waals surface area contributed by atoms with Crippen LogP contribution in [0.3, 0.4) is 0 Å². The number of ketones is 1. The SMILES string of the molecule is CC(C)(C)OC(=O)NCCC(=O)NCCOCCOCCN1CC(C(=O)NCCc2ccc(Cl)cc2)C(=O)C1=O. The van der Waals surface area contributed by atoms with Crippen molar-refractivity contribution < 1.29 is 38.2 Å². The van der Waals surface area contributed by atoms with Gasteiger partial charge in [-0.25, -0.2) is 4.79 Å². The molecule has 1 aliphatic heterocycles. The summed E-state index contributed by atoms with van der Waals surface area (Å²) in [5.41, 5.74) is 0.398. The zero-order valence-electron chi connectivity index (χ0n) is 23.3. The molecule has 1 fully saturated rings. The van der Waals surface area contributed by atoms with E-state index in [1.54, 1.807) is 32.9 Å². The molecule has 3 N–H and O–H groups in total. The van der Waals surface area contributed by atoms with Crippen LogP contribution in [0.2, 0.25) is 5.02 Å². The Hall–Kier alpha value is -3.22. The van der Waals surface area contributed by atoms with E-state index in [1.165, 1.54) is 4.90 Å². The van der Waals surface area contributed by atoms with Gasteiger partial charge in [-0.3, -0.25) is 19.2 Å². The Bertz CT molecular complexity index is 1010. The van der Waals surface area contributed by atoms with Crippen molar-refractivity contribution in [1.29, 1.82) is 0 Å². The van der Waals surface area contributed by atoms with Crippen LogP contribution < -0.4 is 16.0 Å². The van der Waals surface area contributed by atoms with Gasteiger partial charge < -0.3 is 35.1 Å². The first-order valence-electron chi connectivity index (χ1n) is 13.2. The fraction of sp³-hybridized carbons (Fsp3) is 0.593. The molecule has 12 nitrogen and oxygen atoms in total. The van der Waals surface area contributed by atoms with Crippen molar-refractivity contribution in [2.75, 3.05) is 59.2 Å². The minimum Gasteiger partial charge on any atom is -0.444 e. The van der Waals surface area contributed by atoms with Crippen LogP contribution in [0.15, 0.2) is 24.3 Å². The van der Waals surface area contributed by atoms with Crippen molar-refractivity contribution in [1.82, 2.24) is 20.9 Å². The molecular weight excluding hydrogens is 544 g/mol. The second-order valence-electron chi connectivity index (χ2n) is 10.1. The summed E-state index contributed by atoms with van der Waals surface area (Å²) in [5.74, 6) is -3.11. The molecule has 1 saturated heterocycles. The number of rotatable bonds is 16. The molecular formula is C27H39ClN4O8. The molecule has 2 rings (SSSR count). The lowest BCUT2D eigenvalue weighted by Crippen LogP contribution is -2.36. The lowest BCUT2D eigenvalue weighted by atomic mass is 10.1. The minimum absolute atomic E-state index is 0.0251. The summed E-state index contributed by atoms with van der Waals surface area (Å²) in [5, 5.41) is 8.54. The van der Waals surface area contributed by atoms with Crippen LogP contribution in [0, 0.1) is 5.92 Å². The number of carbonyl (C=O) groups is 5. The van der Waals surface area contributed by atoms with Gasteiger partial charge in [0.1, 0.15) is 11.5 Å². The van der Waals surface area contributed by atoms with E-state index < -0.39 is 35.2 Å². The molecule has 0 aliphatic carbocycles. The van der Waals surface area contributed by atoms with Crippen molar-refractivity contribution in [3.8, 4) is 0 Å². The van der Waals surface area contributed by atoms with E-state index in [1.807, 2.05) is 12.1 Å². The maximum absolute atomic E-state index is 12.4. The molecule has 1 unspecified atom stereocenters. The summed E-state index contributed by atoms with van der Waals surface area (Å²) < 4.78 is 15.9. The molecule has 13 heteroatoms. The molecule has 222 valence electrons. The second kappa shape index (κ2) is 16.8. The number of nitrogens with zero attached hydrogens (tertiary/aromatic N) is 1. The van der Waals surface area contributed by atoms with E-state index in [0.29, 0.717) is 24.5 Å². The molecule has 1 aliphatic rings. The minimum atomic E-state index is -1.02. The van der Waals surface area contributed by atoms with Gasteiger partial charge in [0.15, 0.2) is 0 Å². The molecule has 0 saturated carbocycles. The molecule has 0 bridgehead atoms. The molecule has 40 heavy (non-hydrogen) atoms. The highest BCUT2D eigenvalue weighted by Gasteiger charge is 2.42. The fourth-order valence-corrected chi connectivity index (χ4v) is 3.76. The molecule has 1 aromatic carbocycles. The van der Waals surface area contributed by atoms with Gasteiger partial charge in [0.25, 0.3) is 5.91 Å². The predicted molar refractivity (Wildman–Crippen MR) is 147 cm³/mol. The zero-order valence-corrected chi connectivity index (χ0v) is 24.0. The number of nitrogens with one attached hydrogen (secondary N) is 3. The molecule has 0 radical (unpaired) electrons. The molecule has 4 amide bonds. The quantitative estimate of drug-likeness (QED) is 0.149. The Labute approximate surface area is 239 Å². The Morgan fingerprint density at radius 3 is 2.27 bits per heavy atom. The van der Waals surface area contributed by atoms with Gasteiger partial charge in [-0.05, 0) is 44.9 Å². The summed E-state index contributed by atoms with van der Waals surface area (Å²) in [4.78, 5) is 61.6. The van der Waals surface area contributed by atoms with Gasteiger partial charge in [0.2, 0.25) is 17.6 Å². The fourth-order valence-electron chi connectivity index (χ4n) is 3.63. The number of amides is 4. The largest absolute Gasteiger partial charge is 0.444 e. The highest BCUT2D eigenvalue weighted by atomic mass is 35.5. The van der Waals surface area contributed by atoms with Gasteiger partial charge in [-0.1, -0.05) is 23.7 Å². The Morgan fingerprint density at radius 1 is 0.925 bits per heavy atom. The Morgan fingerprint density at radius 2 is 1.60 bits per heavy atom. The van der Waals surface area contributed by atoms with Crippen molar-refractivity contribution in [2.45, 2.75) is 39.2 Å². The van der Waals surface area contributed by atoms with Gasteiger partial charge >= 0.3 is 6.09 Å². The van der Waals surface area contributed by atoms with Gasteiger partial charge in [-0.15, -0.1) is 0 Å². The highest BCUT2D eigenvalue weighted by molar-refractivity contribution is 6.42. The van der Waals surface area contributed by atoms with E-state index in [2.05, 4.69) is 16.0 Å². The molecule has 1 aromatic rings. The van der Waals surface area contributed by atoms with Crippen molar-refractivity contribution in [3.63, 3.8) is 0 Å². The maximum Gasteiger partial charge on any atom is 0.407 e. The lowest BCUT2D eigenvalue weighted by molar-refractivity contribution is -0.142. The van der Waals surface area contributed by atoms with E-state index in [4.69, 9.17) is 25.8 Å². The third-order valence-electron chi connectivity index (χ3n) is 5.63. The topological polar surface area (TPSA) is 152 Å². The van der Waals surface area contributed by atoms with E-state index in [9.17, 15) is 24.0 Å². The number of halogens is 1. The first-order valence-corrected chi connectivity index (χ1v) is 13.6. The smallest absolute Gasteiger partial charge is 0.407 e. The average molecular weight is 583 g/mol. The summed E-state index contributed by atoms with van der Waals surface area (Å²) >= 11 is 5.86. The van der Waals surface area contributed by atoms with Crippen LogP contribution in [0.1, 0.15) is 32.8 Å². The first kappa shape index (κ1) is 33.0. The van der Waals surface area contributed by atoms with Crippen molar-refractivity contribution >= 4 is 41.2 Å². The lowest BCUT2D eigenvalue weighted by Gasteiger charge is -2.19. The monoisotopic (exact) mass is 582 g/mol. The number of carbonyl (C=O) groups excluding carboxylic acids is 5. The number of hydrogen-bond donors (Lipinski definition) is 3. The summed E-state index contributed by atoms with van der Waals surface area (Å²) in [6.07, 6.45) is 0.124. The van der Waals surface area contributed by atoms with E-state index in [0.717, 1.165) is 5.56 Å². The zero-order chi connectivity index (χ0) is 29.5. The second-order valence-corrected chi connectivity index (χ2v) is 10.5. The van der Waals surface area contributed by atoms with Gasteiger partial charge in [-0.2, -0.15) is 0 Å². The predicted octanol–water partition coefficient (Wildman–Crippen LogP) is 1.09. The number of hydrogen-bond acceptors (Lipinski definition) is 8. The number of Topliss-reactive ketones (excluding diaryl/α,β-unsaturated/α-hetero) is 1. The van der Waals surface area contributed by atoms with Crippen molar-refractivity contribution in [2.24, 2.45) is 5.92 Å². The van der Waals surface area contributed by atoms with Crippen LogP contribution in [-0.2, 0) is 39.8 Å². The summed E-state index contributed by atoms with van der Waals surface area (Å²) in [7, 11) is 0. The first-order chi connectivity index (χ1) is 19.0. The van der Waals surface area contributed by atoms with Crippen LogP contribution in [0.4, 0.5) is 4.79 Å². The number of likely N-dealkylation sites (tertiary alicyclic amines) is 1. The van der Waals surface area contributed by atoms with Crippen LogP contribution >= 0.6 is 11.6 Å². The maximum atomic E-state index is 12.4. The van der Waals surface area contributed by atoms with Crippen LogP contribution in [-0.4, -0.2) is 99.3 Å². The normalized spacial score (nSPS) is 15.2. The third kappa shape index (κ3) is 12.8.